The lowest BCUT2D eigenvalue weighted by molar-refractivity contribution is -0.125. The first-order chi connectivity index (χ1) is 11.3. The summed E-state index contributed by atoms with van der Waals surface area (Å²) in [6, 6.07) is 8.54. The highest BCUT2D eigenvalue weighted by molar-refractivity contribution is 5.85. The van der Waals surface area contributed by atoms with Crippen LogP contribution in [-0.2, 0) is 22.6 Å². The summed E-state index contributed by atoms with van der Waals surface area (Å²) >= 11 is 0. The standard InChI is InChI=1S/C18H27N3O2.ClH/c22-18(17-4-6-19-7-5-17)20-13-15-2-1-3-16(12-15)14-21-8-10-23-11-9-21;/h1-3,12,17,19H,4-11,13-14H2,(H,20,22);1H. The van der Waals surface area contributed by atoms with E-state index in [9.17, 15) is 4.79 Å². The minimum atomic E-state index is 0. The SMILES string of the molecule is Cl.O=C(NCc1cccc(CN2CCOCC2)c1)C1CCNCC1. The Morgan fingerprint density at radius 1 is 1.21 bits per heavy atom. The Balaban J connectivity index is 0.00000208. The van der Waals surface area contributed by atoms with E-state index < -0.39 is 0 Å². The van der Waals surface area contributed by atoms with Gasteiger partial charge in [0, 0.05) is 32.1 Å². The Labute approximate surface area is 150 Å². The van der Waals surface area contributed by atoms with E-state index in [0.717, 1.165) is 58.8 Å². The fraction of sp³-hybridized carbons (Fsp3) is 0.611. The van der Waals surface area contributed by atoms with E-state index in [0.29, 0.717) is 6.54 Å². The highest BCUT2D eigenvalue weighted by Crippen LogP contribution is 2.13. The number of hydrogen-bond acceptors (Lipinski definition) is 4. The van der Waals surface area contributed by atoms with E-state index in [-0.39, 0.29) is 24.2 Å². The molecule has 2 aliphatic rings. The summed E-state index contributed by atoms with van der Waals surface area (Å²) < 4.78 is 5.39. The van der Waals surface area contributed by atoms with Gasteiger partial charge >= 0.3 is 0 Å². The second-order valence-electron chi connectivity index (χ2n) is 6.45. The van der Waals surface area contributed by atoms with Gasteiger partial charge in [-0.05, 0) is 37.1 Å². The topological polar surface area (TPSA) is 53.6 Å². The van der Waals surface area contributed by atoms with Gasteiger partial charge in [0.05, 0.1) is 13.2 Å². The van der Waals surface area contributed by atoms with E-state index in [1.54, 1.807) is 0 Å². The third-order valence-electron chi connectivity index (χ3n) is 4.68. The molecule has 0 saturated carbocycles. The number of nitrogens with one attached hydrogen (secondary N) is 2. The molecule has 2 aliphatic heterocycles. The van der Waals surface area contributed by atoms with E-state index in [2.05, 4.69) is 39.8 Å². The van der Waals surface area contributed by atoms with E-state index in [1.165, 1.54) is 11.1 Å². The molecule has 3 rings (SSSR count). The predicted octanol–water partition coefficient (Wildman–Crippen LogP) is 1.56. The van der Waals surface area contributed by atoms with Crippen molar-refractivity contribution in [1.82, 2.24) is 15.5 Å². The van der Waals surface area contributed by atoms with Crippen LogP contribution in [0.25, 0.3) is 0 Å². The summed E-state index contributed by atoms with van der Waals surface area (Å²) in [7, 11) is 0. The van der Waals surface area contributed by atoms with Gasteiger partial charge in [-0.25, -0.2) is 0 Å². The average molecular weight is 354 g/mol. The van der Waals surface area contributed by atoms with Gasteiger partial charge in [0.15, 0.2) is 0 Å². The highest BCUT2D eigenvalue weighted by Gasteiger charge is 2.20. The number of rotatable bonds is 5. The summed E-state index contributed by atoms with van der Waals surface area (Å²) in [5, 5.41) is 6.40. The van der Waals surface area contributed by atoms with Gasteiger partial charge in [0.2, 0.25) is 5.91 Å². The molecule has 1 aromatic carbocycles. The number of carbonyl (C=O) groups excluding carboxylic acids is 1. The van der Waals surface area contributed by atoms with Crippen LogP contribution in [0.3, 0.4) is 0 Å². The van der Waals surface area contributed by atoms with Crippen molar-refractivity contribution in [3.05, 3.63) is 35.4 Å². The van der Waals surface area contributed by atoms with Gasteiger partial charge in [-0.15, -0.1) is 12.4 Å². The van der Waals surface area contributed by atoms with Crippen LogP contribution in [0.5, 0.6) is 0 Å². The monoisotopic (exact) mass is 353 g/mol. The van der Waals surface area contributed by atoms with E-state index in [4.69, 9.17) is 4.74 Å². The van der Waals surface area contributed by atoms with Crippen LogP contribution in [0.15, 0.2) is 24.3 Å². The number of benzene rings is 1. The molecule has 1 amide bonds. The zero-order valence-electron chi connectivity index (χ0n) is 14.1. The first-order valence-corrected chi connectivity index (χ1v) is 8.67. The highest BCUT2D eigenvalue weighted by atomic mass is 35.5. The Hall–Kier alpha value is -1.14. The molecule has 0 bridgehead atoms. The van der Waals surface area contributed by atoms with Gasteiger partial charge in [-0.3, -0.25) is 9.69 Å². The molecule has 1 aromatic rings. The van der Waals surface area contributed by atoms with Gasteiger partial charge in [-0.2, -0.15) is 0 Å². The van der Waals surface area contributed by atoms with Crippen LogP contribution < -0.4 is 10.6 Å². The smallest absolute Gasteiger partial charge is 0.223 e. The number of piperidine rings is 1. The van der Waals surface area contributed by atoms with Crippen LogP contribution in [-0.4, -0.2) is 50.2 Å². The molecule has 2 saturated heterocycles. The molecule has 134 valence electrons. The van der Waals surface area contributed by atoms with Gasteiger partial charge < -0.3 is 15.4 Å². The Morgan fingerprint density at radius 3 is 2.67 bits per heavy atom. The number of ether oxygens (including phenoxy) is 1. The molecule has 24 heavy (non-hydrogen) atoms. The largest absolute Gasteiger partial charge is 0.379 e. The van der Waals surface area contributed by atoms with Crippen LogP contribution in [0.2, 0.25) is 0 Å². The number of morpholine rings is 1. The molecule has 2 heterocycles. The maximum Gasteiger partial charge on any atom is 0.223 e. The van der Waals surface area contributed by atoms with Crippen molar-refractivity contribution in [2.75, 3.05) is 39.4 Å². The molecule has 2 N–H and O–H groups in total. The van der Waals surface area contributed by atoms with Crippen LogP contribution in [0.1, 0.15) is 24.0 Å². The van der Waals surface area contributed by atoms with Crippen molar-refractivity contribution in [1.29, 1.82) is 0 Å². The van der Waals surface area contributed by atoms with E-state index in [1.807, 2.05) is 0 Å². The summed E-state index contributed by atoms with van der Waals surface area (Å²) in [6.45, 7) is 7.13. The molecule has 0 atom stereocenters. The van der Waals surface area contributed by atoms with Gasteiger partial charge in [-0.1, -0.05) is 24.3 Å². The summed E-state index contributed by atoms with van der Waals surface area (Å²) in [5.41, 5.74) is 2.48. The lowest BCUT2D eigenvalue weighted by atomic mass is 9.97. The predicted molar refractivity (Wildman–Crippen MR) is 97.2 cm³/mol. The van der Waals surface area contributed by atoms with E-state index >= 15 is 0 Å². The minimum absolute atomic E-state index is 0. The van der Waals surface area contributed by atoms with Crippen molar-refractivity contribution in [2.24, 2.45) is 5.92 Å². The second kappa shape index (κ2) is 9.99. The molecular formula is C18H28ClN3O2. The first-order valence-electron chi connectivity index (χ1n) is 8.67. The first kappa shape index (κ1) is 19.2. The minimum Gasteiger partial charge on any atom is -0.379 e. The fourth-order valence-electron chi connectivity index (χ4n) is 3.27. The van der Waals surface area contributed by atoms with Crippen LogP contribution in [0.4, 0.5) is 0 Å². The molecule has 6 heteroatoms. The number of amides is 1. The summed E-state index contributed by atoms with van der Waals surface area (Å²) in [6.07, 6.45) is 1.89. The molecular weight excluding hydrogens is 326 g/mol. The quantitative estimate of drug-likeness (QED) is 0.843. The second-order valence-corrected chi connectivity index (χ2v) is 6.45. The number of hydrogen-bond donors (Lipinski definition) is 2. The average Bonchev–Trinajstić information content (AvgIpc) is 2.62. The van der Waals surface area contributed by atoms with Crippen LogP contribution >= 0.6 is 12.4 Å². The summed E-state index contributed by atoms with van der Waals surface area (Å²) in [5.74, 6) is 0.373. The fourth-order valence-corrected chi connectivity index (χ4v) is 3.27. The van der Waals surface area contributed by atoms with Crippen molar-refractivity contribution >= 4 is 18.3 Å². The molecule has 0 unspecified atom stereocenters. The van der Waals surface area contributed by atoms with Crippen molar-refractivity contribution in [2.45, 2.75) is 25.9 Å². The zero-order valence-corrected chi connectivity index (χ0v) is 14.9. The van der Waals surface area contributed by atoms with Crippen molar-refractivity contribution < 1.29 is 9.53 Å². The normalized spacial score (nSPS) is 19.5. The van der Waals surface area contributed by atoms with Gasteiger partial charge in [0.1, 0.15) is 0 Å². The van der Waals surface area contributed by atoms with Crippen molar-refractivity contribution in [3.63, 3.8) is 0 Å². The lowest BCUT2D eigenvalue weighted by Gasteiger charge is -2.26. The molecule has 0 aliphatic carbocycles. The van der Waals surface area contributed by atoms with Gasteiger partial charge in [0.25, 0.3) is 0 Å². The third-order valence-corrected chi connectivity index (χ3v) is 4.68. The Morgan fingerprint density at radius 2 is 1.92 bits per heavy atom. The molecule has 0 aromatic heterocycles. The molecule has 2 fully saturated rings. The Kier molecular flexibility index (Phi) is 7.99. The molecule has 0 radical (unpaired) electrons. The van der Waals surface area contributed by atoms with Crippen LogP contribution in [0, 0.1) is 5.92 Å². The lowest BCUT2D eigenvalue weighted by Crippen LogP contribution is -2.37. The van der Waals surface area contributed by atoms with Crippen molar-refractivity contribution in [3.8, 4) is 0 Å². The number of halogens is 1. The maximum atomic E-state index is 12.2. The molecule has 5 nitrogen and oxygen atoms in total. The Bertz CT molecular complexity index is 515. The number of nitrogens with zero attached hydrogens (tertiary/aromatic N) is 1. The third kappa shape index (κ3) is 5.74. The molecule has 0 spiro atoms. The summed E-state index contributed by atoms with van der Waals surface area (Å²) in [4.78, 5) is 14.6. The maximum absolute atomic E-state index is 12.2. The number of carbonyl (C=O) groups is 1. The zero-order chi connectivity index (χ0) is 15.9.